The molecule has 0 aliphatic heterocycles. The first-order valence-corrected chi connectivity index (χ1v) is 7.67. The monoisotopic (exact) mass is 338 g/mol. The van der Waals surface area contributed by atoms with Crippen molar-refractivity contribution in [2.45, 2.75) is 0 Å². The Bertz CT molecular complexity index is 907. The van der Waals surface area contributed by atoms with E-state index in [9.17, 15) is 4.79 Å². The number of pyridine rings is 1. The minimum Gasteiger partial charge on any atom is -0.496 e. The number of nitrogens with one attached hydrogen (secondary N) is 1. The average molecular weight is 338 g/mol. The number of carbonyl (C=O) groups excluding carboxylic acids is 1. The summed E-state index contributed by atoms with van der Waals surface area (Å²) in [6.07, 6.45) is 1.65. The van der Waals surface area contributed by atoms with E-state index >= 15 is 0 Å². The summed E-state index contributed by atoms with van der Waals surface area (Å²) in [7, 11) is 4.68. The van der Waals surface area contributed by atoms with Crippen LogP contribution in [0.4, 0.5) is 5.69 Å². The van der Waals surface area contributed by atoms with Gasteiger partial charge < -0.3 is 19.5 Å². The Morgan fingerprint density at radius 1 is 1.04 bits per heavy atom. The molecule has 0 saturated heterocycles. The molecule has 1 N–H and O–H groups in total. The fourth-order valence-corrected chi connectivity index (χ4v) is 2.49. The summed E-state index contributed by atoms with van der Waals surface area (Å²) in [6, 6.07) is 12.7. The third-order valence-corrected chi connectivity index (χ3v) is 3.80. The topological polar surface area (TPSA) is 69.7 Å². The van der Waals surface area contributed by atoms with Crippen LogP contribution in [0.15, 0.2) is 48.7 Å². The second-order valence-corrected chi connectivity index (χ2v) is 5.25. The quantitative estimate of drug-likeness (QED) is 0.712. The molecule has 3 aromatic rings. The van der Waals surface area contributed by atoms with Crippen LogP contribution in [0.25, 0.3) is 10.9 Å². The predicted molar refractivity (Wildman–Crippen MR) is 95.7 cm³/mol. The molecule has 0 atom stereocenters. The zero-order valence-corrected chi connectivity index (χ0v) is 14.2. The van der Waals surface area contributed by atoms with E-state index in [1.165, 1.54) is 14.2 Å². The SMILES string of the molecule is CNc1ccc(Oc2ccnc3cc(OC)c(C(=O)OC)cc23)cc1. The minimum atomic E-state index is -0.480. The van der Waals surface area contributed by atoms with Crippen LogP contribution in [0.1, 0.15) is 10.4 Å². The normalized spacial score (nSPS) is 10.4. The molecule has 0 unspecified atom stereocenters. The molecule has 3 rings (SSSR count). The number of rotatable bonds is 5. The number of fused-ring (bicyclic) bond motifs is 1. The second kappa shape index (κ2) is 7.09. The Labute approximate surface area is 145 Å². The molecule has 25 heavy (non-hydrogen) atoms. The Morgan fingerprint density at radius 3 is 2.44 bits per heavy atom. The van der Waals surface area contributed by atoms with Gasteiger partial charge in [0.15, 0.2) is 0 Å². The number of aromatic nitrogens is 1. The van der Waals surface area contributed by atoms with Gasteiger partial charge in [-0.2, -0.15) is 0 Å². The third-order valence-electron chi connectivity index (χ3n) is 3.80. The maximum absolute atomic E-state index is 12.0. The number of anilines is 1. The maximum atomic E-state index is 12.0. The number of hydrogen-bond acceptors (Lipinski definition) is 6. The Morgan fingerprint density at radius 2 is 1.80 bits per heavy atom. The zero-order chi connectivity index (χ0) is 17.8. The zero-order valence-electron chi connectivity index (χ0n) is 14.2. The van der Waals surface area contributed by atoms with Crippen LogP contribution in [-0.4, -0.2) is 32.2 Å². The number of esters is 1. The van der Waals surface area contributed by atoms with Crippen LogP contribution in [0, 0.1) is 0 Å². The lowest BCUT2D eigenvalue weighted by Gasteiger charge is -2.12. The number of nitrogens with zero attached hydrogens (tertiary/aromatic N) is 1. The van der Waals surface area contributed by atoms with Gasteiger partial charge >= 0.3 is 5.97 Å². The van der Waals surface area contributed by atoms with E-state index in [1.54, 1.807) is 24.4 Å². The maximum Gasteiger partial charge on any atom is 0.341 e. The molecule has 0 aliphatic rings. The molecular formula is C19H18N2O4. The molecule has 0 spiro atoms. The van der Waals surface area contributed by atoms with Crippen LogP contribution in [0.2, 0.25) is 0 Å². The van der Waals surface area contributed by atoms with Crippen molar-refractivity contribution in [2.75, 3.05) is 26.6 Å². The molecule has 1 heterocycles. The first-order chi connectivity index (χ1) is 12.2. The highest BCUT2D eigenvalue weighted by Gasteiger charge is 2.16. The molecule has 0 radical (unpaired) electrons. The van der Waals surface area contributed by atoms with Gasteiger partial charge in [0, 0.05) is 30.4 Å². The van der Waals surface area contributed by atoms with Crippen molar-refractivity contribution in [1.29, 1.82) is 0 Å². The fourth-order valence-electron chi connectivity index (χ4n) is 2.49. The molecule has 0 fully saturated rings. The minimum absolute atomic E-state index is 0.320. The summed E-state index contributed by atoms with van der Waals surface area (Å²) in [5, 5.41) is 3.75. The van der Waals surface area contributed by atoms with E-state index in [1.807, 2.05) is 31.3 Å². The molecule has 0 amide bonds. The molecule has 128 valence electrons. The van der Waals surface area contributed by atoms with Crippen LogP contribution in [0.3, 0.4) is 0 Å². The van der Waals surface area contributed by atoms with Crippen molar-refractivity contribution in [3.63, 3.8) is 0 Å². The summed E-state index contributed by atoms with van der Waals surface area (Å²) in [5.74, 6) is 1.20. The van der Waals surface area contributed by atoms with E-state index in [0.717, 1.165) is 5.69 Å². The summed E-state index contributed by atoms with van der Waals surface area (Å²) in [5.41, 5.74) is 1.97. The fraction of sp³-hybridized carbons (Fsp3) is 0.158. The standard InChI is InChI=1S/C19H18N2O4/c1-20-12-4-6-13(7-5-12)25-17-8-9-21-16-11-18(23-2)15(10-14(16)17)19(22)24-3/h4-11,20H,1-3H3. The molecule has 0 saturated carbocycles. The van der Waals surface area contributed by atoms with E-state index in [4.69, 9.17) is 14.2 Å². The second-order valence-electron chi connectivity index (χ2n) is 5.25. The smallest absolute Gasteiger partial charge is 0.341 e. The van der Waals surface area contributed by atoms with Crippen LogP contribution < -0.4 is 14.8 Å². The largest absolute Gasteiger partial charge is 0.496 e. The van der Waals surface area contributed by atoms with Gasteiger partial charge in [-0.25, -0.2) is 4.79 Å². The Balaban J connectivity index is 2.06. The van der Waals surface area contributed by atoms with Crippen LogP contribution in [-0.2, 0) is 4.74 Å². The van der Waals surface area contributed by atoms with Gasteiger partial charge in [0.05, 0.1) is 19.7 Å². The number of benzene rings is 2. The van der Waals surface area contributed by atoms with E-state index < -0.39 is 5.97 Å². The molecule has 0 bridgehead atoms. The van der Waals surface area contributed by atoms with Gasteiger partial charge in [-0.05, 0) is 36.4 Å². The number of methoxy groups -OCH3 is 2. The van der Waals surface area contributed by atoms with Crippen molar-refractivity contribution >= 4 is 22.6 Å². The van der Waals surface area contributed by atoms with Crippen molar-refractivity contribution in [3.05, 3.63) is 54.2 Å². The average Bonchev–Trinajstić information content (AvgIpc) is 2.67. The van der Waals surface area contributed by atoms with E-state index in [-0.39, 0.29) is 0 Å². The van der Waals surface area contributed by atoms with Gasteiger partial charge in [0.25, 0.3) is 0 Å². The highest BCUT2D eigenvalue weighted by Crippen LogP contribution is 2.33. The first kappa shape index (κ1) is 16.6. The number of ether oxygens (including phenoxy) is 3. The summed E-state index contributed by atoms with van der Waals surface area (Å²) < 4.78 is 16.1. The van der Waals surface area contributed by atoms with E-state index in [2.05, 4.69) is 10.3 Å². The van der Waals surface area contributed by atoms with Crippen molar-refractivity contribution in [1.82, 2.24) is 4.98 Å². The molecule has 6 nitrogen and oxygen atoms in total. The third kappa shape index (κ3) is 3.33. The highest BCUT2D eigenvalue weighted by molar-refractivity contribution is 5.99. The predicted octanol–water partition coefficient (Wildman–Crippen LogP) is 3.86. The van der Waals surface area contributed by atoms with Crippen molar-refractivity contribution in [3.8, 4) is 17.2 Å². The molecule has 6 heteroatoms. The number of carbonyl (C=O) groups is 1. The lowest BCUT2D eigenvalue weighted by molar-refractivity contribution is 0.0597. The van der Waals surface area contributed by atoms with Crippen molar-refractivity contribution < 1.29 is 19.0 Å². The van der Waals surface area contributed by atoms with Gasteiger partial charge in [-0.3, -0.25) is 4.98 Å². The Kier molecular flexibility index (Phi) is 4.70. The first-order valence-electron chi connectivity index (χ1n) is 7.67. The van der Waals surface area contributed by atoms with Crippen molar-refractivity contribution in [2.24, 2.45) is 0 Å². The van der Waals surface area contributed by atoms with Gasteiger partial charge in [0.1, 0.15) is 22.8 Å². The molecular weight excluding hydrogens is 320 g/mol. The number of hydrogen-bond donors (Lipinski definition) is 1. The lowest BCUT2D eigenvalue weighted by atomic mass is 10.1. The highest BCUT2D eigenvalue weighted by atomic mass is 16.5. The van der Waals surface area contributed by atoms with Crippen LogP contribution in [0.5, 0.6) is 17.2 Å². The summed E-state index contributed by atoms with van der Waals surface area (Å²) in [4.78, 5) is 16.3. The van der Waals surface area contributed by atoms with Gasteiger partial charge in [-0.15, -0.1) is 0 Å². The van der Waals surface area contributed by atoms with E-state index in [0.29, 0.717) is 33.7 Å². The summed E-state index contributed by atoms with van der Waals surface area (Å²) in [6.45, 7) is 0. The lowest BCUT2D eigenvalue weighted by Crippen LogP contribution is -2.04. The van der Waals surface area contributed by atoms with Gasteiger partial charge in [0.2, 0.25) is 0 Å². The molecule has 1 aromatic heterocycles. The van der Waals surface area contributed by atoms with Gasteiger partial charge in [-0.1, -0.05) is 0 Å². The Hall–Kier alpha value is -3.28. The summed E-state index contributed by atoms with van der Waals surface area (Å²) >= 11 is 0. The van der Waals surface area contributed by atoms with Crippen LogP contribution >= 0.6 is 0 Å². The molecule has 2 aromatic carbocycles. The molecule has 0 aliphatic carbocycles.